The molecule has 7 heteroatoms. The van der Waals surface area contributed by atoms with Gasteiger partial charge < -0.3 is 15.0 Å². The Bertz CT molecular complexity index is 671. The van der Waals surface area contributed by atoms with Crippen LogP contribution in [0.2, 0.25) is 0 Å². The number of imide groups is 1. The third kappa shape index (κ3) is 2.83. The van der Waals surface area contributed by atoms with E-state index in [4.69, 9.17) is 4.74 Å². The van der Waals surface area contributed by atoms with Gasteiger partial charge in [0.05, 0.1) is 18.8 Å². The van der Waals surface area contributed by atoms with Crippen molar-refractivity contribution in [3.05, 3.63) is 42.1 Å². The van der Waals surface area contributed by atoms with Crippen molar-refractivity contribution in [2.75, 3.05) is 31.6 Å². The van der Waals surface area contributed by atoms with Crippen molar-refractivity contribution in [3.8, 4) is 0 Å². The summed E-state index contributed by atoms with van der Waals surface area (Å²) in [7, 11) is 1.53. The normalized spacial score (nSPS) is 21.4. The first-order chi connectivity index (χ1) is 11.1. The van der Waals surface area contributed by atoms with Crippen LogP contribution in [0.4, 0.5) is 5.69 Å². The van der Waals surface area contributed by atoms with E-state index in [2.05, 4.69) is 5.32 Å². The lowest BCUT2D eigenvalue weighted by molar-refractivity contribution is -0.137. The smallest absolute Gasteiger partial charge is 0.281 e. The first-order valence-corrected chi connectivity index (χ1v) is 7.35. The average Bonchev–Trinajstić information content (AvgIpc) is 2.89. The molecule has 2 aliphatic rings. The molecule has 120 valence electrons. The molecule has 0 aliphatic carbocycles. The van der Waals surface area contributed by atoms with E-state index < -0.39 is 6.10 Å². The number of para-hydroxylation sites is 1. The number of ether oxygens (including phenoxy) is 1. The van der Waals surface area contributed by atoms with E-state index in [0.717, 1.165) is 4.90 Å². The fraction of sp³-hybridized carbons (Fsp3) is 0.312. The maximum absolute atomic E-state index is 12.6. The Morgan fingerprint density at radius 3 is 2.70 bits per heavy atom. The fourth-order valence-electron chi connectivity index (χ4n) is 2.69. The summed E-state index contributed by atoms with van der Waals surface area (Å²) in [6.07, 6.45) is 0.671. The molecule has 3 amide bonds. The predicted octanol–water partition coefficient (Wildman–Crippen LogP) is -0.109. The highest BCUT2D eigenvalue weighted by atomic mass is 16.5. The van der Waals surface area contributed by atoms with Crippen LogP contribution in [0.3, 0.4) is 0 Å². The van der Waals surface area contributed by atoms with E-state index in [1.165, 1.54) is 13.1 Å². The highest BCUT2D eigenvalue weighted by Crippen LogP contribution is 2.25. The van der Waals surface area contributed by atoms with E-state index in [1.807, 2.05) is 6.07 Å². The summed E-state index contributed by atoms with van der Waals surface area (Å²) in [5.41, 5.74) is 0.834. The van der Waals surface area contributed by atoms with E-state index in [-0.39, 0.29) is 24.3 Å². The van der Waals surface area contributed by atoms with Crippen LogP contribution in [-0.4, -0.2) is 55.5 Å². The quantitative estimate of drug-likeness (QED) is 0.788. The Kier molecular flexibility index (Phi) is 4.12. The second kappa shape index (κ2) is 6.21. The number of rotatable bonds is 3. The van der Waals surface area contributed by atoms with Crippen LogP contribution in [0, 0.1) is 0 Å². The van der Waals surface area contributed by atoms with Crippen LogP contribution < -0.4 is 10.2 Å². The van der Waals surface area contributed by atoms with E-state index in [9.17, 15) is 14.4 Å². The minimum Gasteiger partial charge on any atom is -0.365 e. The zero-order valence-corrected chi connectivity index (χ0v) is 12.7. The van der Waals surface area contributed by atoms with Gasteiger partial charge in [-0.05, 0) is 12.1 Å². The van der Waals surface area contributed by atoms with E-state index in [0.29, 0.717) is 24.5 Å². The van der Waals surface area contributed by atoms with Gasteiger partial charge in [-0.3, -0.25) is 14.4 Å². The maximum Gasteiger partial charge on any atom is 0.281 e. The summed E-state index contributed by atoms with van der Waals surface area (Å²) in [6, 6.07) is 8.77. The van der Waals surface area contributed by atoms with Gasteiger partial charge in [0.25, 0.3) is 17.7 Å². The van der Waals surface area contributed by atoms with Crippen molar-refractivity contribution >= 4 is 23.4 Å². The largest absolute Gasteiger partial charge is 0.365 e. The Morgan fingerprint density at radius 1 is 1.26 bits per heavy atom. The second-order valence-electron chi connectivity index (χ2n) is 5.26. The molecule has 1 fully saturated rings. The molecule has 0 bridgehead atoms. The van der Waals surface area contributed by atoms with Crippen LogP contribution in [0.1, 0.15) is 0 Å². The van der Waals surface area contributed by atoms with Crippen molar-refractivity contribution in [1.82, 2.24) is 10.2 Å². The zero-order valence-electron chi connectivity index (χ0n) is 12.7. The third-order valence-corrected chi connectivity index (χ3v) is 3.86. The molecule has 1 aromatic rings. The number of hydrogen-bond acceptors (Lipinski definition) is 5. The van der Waals surface area contributed by atoms with Crippen molar-refractivity contribution in [3.63, 3.8) is 0 Å². The summed E-state index contributed by atoms with van der Waals surface area (Å²) in [5.74, 6) is -0.995. The zero-order chi connectivity index (χ0) is 16.4. The number of benzene rings is 1. The molecular weight excluding hydrogens is 298 g/mol. The summed E-state index contributed by atoms with van der Waals surface area (Å²) in [4.78, 5) is 39.4. The van der Waals surface area contributed by atoms with Gasteiger partial charge in [-0.2, -0.15) is 0 Å². The molecule has 1 saturated heterocycles. The number of hydrogen-bond donors (Lipinski definition) is 1. The minimum absolute atomic E-state index is 0.243. The maximum atomic E-state index is 12.6. The molecule has 0 aromatic heterocycles. The molecule has 0 saturated carbocycles. The first kappa shape index (κ1) is 15.2. The van der Waals surface area contributed by atoms with Crippen LogP contribution in [0.15, 0.2) is 42.1 Å². The summed E-state index contributed by atoms with van der Waals surface area (Å²) in [6.45, 7) is 1.02. The van der Waals surface area contributed by atoms with Crippen molar-refractivity contribution < 1.29 is 19.1 Å². The van der Waals surface area contributed by atoms with E-state index in [1.54, 1.807) is 29.2 Å². The first-order valence-electron chi connectivity index (χ1n) is 7.35. The summed E-state index contributed by atoms with van der Waals surface area (Å²) >= 11 is 0. The molecule has 2 aliphatic heterocycles. The van der Waals surface area contributed by atoms with Crippen molar-refractivity contribution in [2.24, 2.45) is 0 Å². The Balaban J connectivity index is 1.79. The summed E-state index contributed by atoms with van der Waals surface area (Å²) in [5, 5.41) is 2.53. The van der Waals surface area contributed by atoms with E-state index >= 15 is 0 Å². The molecule has 23 heavy (non-hydrogen) atoms. The molecule has 2 heterocycles. The van der Waals surface area contributed by atoms with Gasteiger partial charge in [0.2, 0.25) is 0 Å². The standard InChI is InChI=1S/C16H17N3O4/c1-17-15(21)13-10-18(7-8-23-13)12-9-14(20)19(16(12)22)11-5-3-2-4-6-11/h2-6,9,13H,7-8,10H2,1H3,(H,17,21). The molecule has 1 unspecified atom stereocenters. The number of nitrogens with one attached hydrogen (secondary N) is 1. The highest BCUT2D eigenvalue weighted by Gasteiger charge is 2.38. The second-order valence-corrected chi connectivity index (χ2v) is 5.26. The van der Waals surface area contributed by atoms with Crippen LogP contribution in [0.25, 0.3) is 0 Å². The van der Waals surface area contributed by atoms with Crippen LogP contribution in [0.5, 0.6) is 0 Å². The third-order valence-electron chi connectivity index (χ3n) is 3.86. The van der Waals surface area contributed by atoms with Gasteiger partial charge in [-0.15, -0.1) is 0 Å². The van der Waals surface area contributed by atoms with Crippen molar-refractivity contribution in [2.45, 2.75) is 6.10 Å². The number of anilines is 1. The van der Waals surface area contributed by atoms with Crippen LogP contribution in [-0.2, 0) is 19.1 Å². The monoisotopic (exact) mass is 315 g/mol. The molecule has 1 aromatic carbocycles. The lowest BCUT2D eigenvalue weighted by Crippen LogP contribution is -2.50. The fourth-order valence-corrected chi connectivity index (χ4v) is 2.69. The molecule has 1 atom stereocenters. The number of likely N-dealkylation sites (N-methyl/N-ethyl adjacent to an activating group) is 1. The average molecular weight is 315 g/mol. The Morgan fingerprint density at radius 2 is 2.00 bits per heavy atom. The van der Waals surface area contributed by atoms with Gasteiger partial charge in [-0.1, -0.05) is 18.2 Å². The highest BCUT2D eigenvalue weighted by molar-refractivity contribution is 6.30. The lowest BCUT2D eigenvalue weighted by atomic mass is 10.2. The topological polar surface area (TPSA) is 79.0 Å². The number of morpholine rings is 1. The van der Waals surface area contributed by atoms with Crippen LogP contribution >= 0.6 is 0 Å². The molecular formula is C16H17N3O4. The van der Waals surface area contributed by atoms with Gasteiger partial charge in [0.15, 0.2) is 6.10 Å². The SMILES string of the molecule is CNC(=O)C1CN(C2=CC(=O)N(c3ccccc3)C2=O)CCO1. The number of carbonyl (C=O) groups is 3. The van der Waals surface area contributed by atoms with Gasteiger partial charge in [0.1, 0.15) is 5.70 Å². The number of amides is 3. The molecule has 7 nitrogen and oxygen atoms in total. The Labute approximate surface area is 133 Å². The molecule has 0 spiro atoms. The van der Waals surface area contributed by atoms with Gasteiger partial charge >= 0.3 is 0 Å². The van der Waals surface area contributed by atoms with Gasteiger partial charge in [-0.25, -0.2) is 4.90 Å². The van der Waals surface area contributed by atoms with Crippen molar-refractivity contribution in [1.29, 1.82) is 0 Å². The Hall–Kier alpha value is -2.67. The number of nitrogens with zero attached hydrogens (tertiary/aromatic N) is 2. The molecule has 0 radical (unpaired) electrons. The lowest BCUT2D eigenvalue weighted by Gasteiger charge is -2.33. The number of carbonyl (C=O) groups excluding carboxylic acids is 3. The van der Waals surface area contributed by atoms with Gasteiger partial charge in [0, 0.05) is 19.7 Å². The molecule has 3 rings (SSSR count). The molecule has 1 N–H and O–H groups in total. The summed E-state index contributed by atoms with van der Waals surface area (Å²) < 4.78 is 5.40. The predicted molar refractivity (Wildman–Crippen MR) is 82.4 cm³/mol. The minimum atomic E-state index is -0.650.